The van der Waals surface area contributed by atoms with Crippen molar-refractivity contribution >= 4 is 17.6 Å². The maximum absolute atomic E-state index is 5.90. The molecule has 1 aliphatic rings. The minimum atomic E-state index is 0.0902. The van der Waals surface area contributed by atoms with E-state index in [1.165, 1.54) is 0 Å². The number of hydrogen-bond donors (Lipinski definition) is 2. The van der Waals surface area contributed by atoms with Gasteiger partial charge in [-0.25, -0.2) is 4.99 Å². The van der Waals surface area contributed by atoms with Gasteiger partial charge in [-0.05, 0) is 24.1 Å². The molecule has 1 unspecified atom stereocenters. The summed E-state index contributed by atoms with van der Waals surface area (Å²) in [6.45, 7) is 0.606. The van der Waals surface area contributed by atoms with Crippen LogP contribution in [0.1, 0.15) is 12.0 Å². The molecule has 5 heteroatoms. The van der Waals surface area contributed by atoms with E-state index in [0.29, 0.717) is 11.6 Å². The molecule has 0 saturated carbocycles. The van der Waals surface area contributed by atoms with Gasteiger partial charge in [-0.2, -0.15) is 0 Å². The van der Waals surface area contributed by atoms with Crippen molar-refractivity contribution < 1.29 is 4.74 Å². The van der Waals surface area contributed by atoms with Gasteiger partial charge in [0.1, 0.15) is 5.75 Å². The normalized spacial score (nSPS) is 19.2. The highest BCUT2D eigenvalue weighted by atomic mass is 35.5. The van der Waals surface area contributed by atoms with E-state index in [4.69, 9.17) is 27.8 Å². The molecule has 1 aromatic carbocycles. The zero-order valence-corrected chi connectivity index (χ0v) is 9.57. The summed E-state index contributed by atoms with van der Waals surface area (Å²) >= 11 is 5.90. The van der Waals surface area contributed by atoms with E-state index in [0.717, 1.165) is 24.2 Å². The van der Waals surface area contributed by atoms with Crippen LogP contribution in [0.3, 0.4) is 0 Å². The lowest BCUT2D eigenvalue weighted by Crippen LogP contribution is -2.26. The molecule has 0 bridgehead atoms. The second kappa shape index (κ2) is 4.61. The molecular formula is C11H14ClN3O. The van der Waals surface area contributed by atoms with Crippen LogP contribution >= 0.6 is 11.6 Å². The monoisotopic (exact) mass is 239 g/mol. The van der Waals surface area contributed by atoms with Gasteiger partial charge in [0.05, 0.1) is 12.6 Å². The Labute approximate surface area is 99.2 Å². The van der Waals surface area contributed by atoms with Gasteiger partial charge < -0.3 is 16.2 Å². The van der Waals surface area contributed by atoms with Crippen LogP contribution < -0.4 is 16.2 Å². The Kier molecular flexibility index (Phi) is 3.19. The van der Waals surface area contributed by atoms with Crippen molar-refractivity contribution in [1.29, 1.82) is 0 Å². The predicted molar refractivity (Wildman–Crippen MR) is 64.9 cm³/mol. The molecule has 0 amide bonds. The number of halogens is 1. The van der Waals surface area contributed by atoms with Crippen LogP contribution in [0, 0.1) is 0 Å². The average molecular weight is 240 g/mol. The smallest absolute Gasteiger partial charge is 0.186 e. The van der Waals surface area contributed by atoms with Crippen molar-refractivity contribution in [1.82, 2.24) is 0 Å². The third-order valence-electron chi connectivity index (χ3n) is 2.53. The van der Waals surface area contributed by atoms with Crippen molar-refractivity contribution in [3.63, 3.8) is 0 Å². The molecule has 2 rings (SSSR count). The van der Waals surface area contributed by atoms with E-state index < -0.39 is 0 Å². The zero-order valence-electron chi connectivity index (χ0n) is 8.82. The summed E-state index contributed by atoms with van der Waals surface area (Å²) in [4.78, 5) is 4.18. The van der Waals surface area contributed by atoms with Crippen LogP contribution in [0.25, 0.3) is 0 Å². The third kappa shape index (κ3) is 2.58. The van der Waals surface area contributed by atoms with Crippen LogP contribution in [-0.4, -0.2) is 18.6 Å². The van der Waals surface area contributed by atoms with Gasteiger partial charge in [-0.3, -0.25) is 0 Å². The zero-order chi connectivity index (χ0) is 11.5. The van der Waals surface area contributed by atoms with Crippen molar-refractivity contribution in [3.05, 3.63) is 28.8 Å². The Balaban J connectivity index is 2.24. The molecule has 0 spiro atoms. The molecule has 4 nitrogen and oxygen atoms in total. The Bertz CT molecular complexity index is 416. The van der Waals surface area contributed by atoms with Crippen molar-refractivity contribution in [3.8, 4) is 5.75 Å². The highest BCUT2D eigenvalue weighted by molar-refractivity contribution is 6.30. The molecule has 1 heterocycles. The van der Waals surface area contributed by atoms with E-state index in [2.05, 4.69) is 4.99 Å². The van der Waals surface area contributed by atoms with Gasteiger partial charge in [0, 0.05) is 11.4 Å². The van der Waals surface area contributed by atoms with Crippen molar-refractivity contribution in [2.75, 3.05) is 6.61 Å². The van der Waals surface area contributed by atoms with Crippen molar-refractivity contribution in [2.24, 2.45) is 16.5 Å². The average Bonchev–Trinajstić information content (AvgIpc) is 2.38. The van der Waals surface area contributed by atoms with Crippen LogP contribution in [0.5, 0.6) is 5.75 Å². The number of nitrogens with zero attached hydrogens (tertiary/aromatic N) is 1. The fourth-order valence-electron chi connectivity index (χ4n) is 1.81. The summed E-state index contributed by atoms with van der Waals surface area (Å²) in [5, 5.41) is 0.680. The first-order chi connectivity index (χ1) is 7.65. The number of benzene rings is 1. The van der Waals surface area contributed by atoms with Gasteiger partial charge in [-0.1, -0.05) is 17.7 Å². The number of guanidine groups is 1. The number of fused-ring (bicyclic) bond motifs is 1. The lowest BCUT2D eigenvalue weighted by molar-refractivity contribution is 0.310. The number of aliphatic imine (C=N–C) groups is 1. The molecule has 0 fully saturated rings. The lowest BCUT2D eigenvalue weighted by Gasteiger charge is -2.08. The maximum Gasteiger partial charge on any atom is 0.186 e. The summed E-state index contributed by atoms with van der Waals surface area (Å²) < 4.78 is 5.61. The Hall–Kier alpha value is -1.42. The van der Waals surface area contributed by atoms with E-state index >= 15 is 0 Å². The van der Waals surface area contributed by atoms with E-state index in [9.17, 15) is 0 Å². The first-order valence-corrected chi connectivity index (χ1v) is 5.53. The van der Waals surface area contributed by atoms with Crippen LogP contribution in [0.15, 0.2) is 23.2 Å². The quantitative estimate of drug-likeness (QED) is 0.573. The maximum atomic E-state index is 5.90. The molecule has 0 saturated heterocycles. The summed E-state index contributed by atoms with van der Waals surface area (Å²) in [6, 6.07) is 5.72. The van der Waals surface area contributed by atoms with Gasteiger partial charge in [0.15, 0.2) is 5.96 Å². The van der Waals surface area contributed by atoms with Gasteiger partial charge in [0.25, 0.3) is 0 Å². The minimum Gasteiger partial charge on any atom is -0.493 e. The van der Waals surface area contributed by atoms with Crippen molar-refractivity contribution in [2.45, 2.75) is 18.9 Å². The number of rotatable bonds is 1. The van der Waals surface area contributed by atoms with E-state index in [-0.39, 0.29) is 12.0 Å². The van der Waals surface area contributed by atoms with Gasteiger partial charge in [0.2, 0.25) is 0 Å². The van der Waals surface area contributed by atoms with Gasteiger partial charge in [-0.15, -0.1) is 0 Å². The fourth-order valence-corrected chi connectivity index (χ4v) is 1.98. The summed E-state index contributed by atoms with van der Waals surface area (Å²) in [6.07, 6.45) is 1.59. The second-order valence-corrected chi connectivity index (χ2v) is 4.24. The first kappa shape index (κ1) is 11.1. The van der Waals surface area contributed by atoms with E-state index in [1.807, 2.05) is 18.2 Å². The molecule has 4 N–H and O–H groups in total. The fraction of sp³-hybridized carbons (Fsp3) is 0.364. The molecule has 1 aliphatic heterocycles. The number of ether oxygens (including phenoxy) is 1. The van der Waals surface area contributed by atoms with Crippen LogP contribution in [0.2, 0.25) is 5.02 Å². The first-order valence-electron chi connectivity index (χ1n) is 5.15. The second-order valence-electron chi connectivity index (χ2n) is 3.80. The third-order valence-corrected chi connectivity index (χ3v) is 2.76. The molecule has 16 heavy (non-hydrogen) atoms. The molecule has 0 radical (unpaired) electrons. The standard InChI is InChI=1S/C11H14ClN3O/c12-8-2-1-7-5-9(15-11(13)14)3-4-16-10(7)6-8/h1-2,6,9H,3-5H2,(H4,13,14,15). The summed E-state index contributed by atoms with van der Waals surface area (Å²) in [5.41, 5.74) is 11.9. The predicted octanol–water partition coefficient (Wildman–Crippen LogP) is 1.31. The SMILES string of the molecule is NC(N)=NC1CCOc2cc(Cl)ccc2C1. The molecule has 0 aromatic heterocycles. The number of nitrogens with two attached hydrogens (primary N) is 2. The molecule has 1 atom stereocenters. The molecule has 86 valence electrons. The lowest BCUT2D eigenvalue weighted by atomic mass is 10.0. The topological polar surface area (TPSA) is 73.6 Å². The van der Waals surface area contributed by atoms with Crippen LogP contribution in [-0.2, 0) is 6.42 Å². The Morgan fingerprint density at radius 3 is 3.00 bits per heavy atom. The van der Waals surface area contributed by atoms with Crippen LogP contribution in [0.4, 0.5) is 0 Å². The Morgan fingerprint density at radius 1 is 1.44 bits per heavy atom. The summed E-state index contributed by atoms with van der Waals surface area (Å²) in [7, 11) is 0. The van der Waals surface area contributed by atoms with Gasteiger partial charge >= 0.3 is 0 Å². The molecular weight excluding hydrogens is 226 g/mol. The molecule has 1 aromatic rings. The number of hydrogen-bond acceptors (Lipinski definition) is 2. The largest absolute Gasteiger partial charge is 0.493 e. The highest BCUT2D eigenvalue weighted by Crippen LogP contribution is 2.28. The molecule has 0 aliphatic carbocycles. The minimum absolute atomic E-state index is 0.0902. The summed E-state index contributed by atoms with van der Waals surface area (Å²) in [5.74, 6) is 0.961. The Morgan fingerprint density at radius 2 is 2.25 bits per heavy atom. The van der Waals surface area contributed by atoms with E-state index in [1.54, 1.807) is 0 Å². The highest BCUT2D eigenvalue weighted by Gasteiger charge is 2.17.